The second-order valence-corrected chi connectivity index (χ2v) is 15.0. The molecule has 0 aliphatic heterocycles. The van der Waals surface area contributed by atoms with E-state index in [0.717, 1.165) is 32.1 Å². The molecule has 180 valence electrons. The highest BCUT2D eigenvalue weighted by atomic mass is 16.3. The molecule has 1 N–H and O–H groups in total. The van der Waals surface area contributed by atoms with Gasteiger partial charge in [-0.1, -0.05) is 66.5 Å². The molecule has 0 aromatic heterocycles. The standard InChI is InChI=1S/C30H48O2/c1-25(2)15-16-28(6)22(17-25)29(7)14-11-19-20(30(29,8)18-24(28)32)9-10-21-26(3,4)23(31)12-13-27(19,21)5/h21-22,24,32H,9-18H2,1-8H3/t21-,22+,24+,27+,28-,29-,30+/m0/s1. The van der Waals surface area contributed by atoms with Gasteiger partial charge in [0.05, 0.1) is 6.10 Å². The minimum Gasteiger partial charge on any atom is -0.393 e. The van der Waals surface area contributed by atoms with Crippen LogP contribution >= 0.6 is 0 Å². The van der Waals surface area contributed by atoms with E-state index in [1.165, 1.54) is 32.1 Å². The molecular formula is C30H48O2. The Labute approximate surface area is 197 Å². The van der Waals surface area contributed by atoms with Crippen LogP contribution in [-0.2, 0) is 4.79 Å². The summed E-state index contributed by atoms with van der Waals surface area (Å²) >= 11 is 0. The zero-order valence-electron chi connectivity index (χ0n) is 22.2. The van der Waals surface area contributed by atoms with Crippen molar-refractivity contribution >= 4 is 5.78 Å². The van der Waals surface area contributed by atoms with Crippen LogP contribution in [-0.4, -0.2) is 17.0 Å². The SMILES string of the molecule is CC1(C)CC[C@]2(C)[C@H](O)C[C@]3(C)C4=C(CC[C@@]3(C)[C@@H]2C1)[C@@]1(C)CCC(=O)C(C)(C)[C@@H]1CC4. The van der Waals surface area contributed by atoms with E-state index < -0.39 is 0 Å². The second kappa shape index (κ2) is 6.52. The molecule has 0 spiro atoms. The number of Topliss-reactive ketones (excluding diaryl/α,β-unsaturated/α-hetero) is 1. The Bertz CT molecular complexity index is 879. The Morgan fingerprint density at radius 1 is 0.750 bits per heavy atom. The van der Waals surface area contributed by atoms with Crippen molar-refractivity contribution in [2.45, 2.75) is 126 Å². The molecule has 0 aromatic rings. The molecule has 0 amide bonds. The number of aliphatic hydroxyl groups excluding tert-OH is 1. The number of ketones is 1. The van der Waals surface area contributed by atoms with E-state index in [-0.39, 0.29) is 33.2 Å². The highest BCUT2D eigenvalue weighted by Gasteiger charge is 2.68. The molecule has 0 radical (unpaired) electrons. The molecular weight excluding hydrogens is 392 g/mol. The summed E-state index contributed by atoms with van der Waals surface area (Å²) in [5.41, 5.74) is 4.13. The second-order valence-electron chi connectivity index (χ2n) is 15.0. The van der Waals surface area contributed by atoms with Crippen molar-refractivity contribution in [3.05, 3.63) is 11.1 Å². The number of rotatable bonds is 0. The van der Waals surface area contributed by atoms with Crippen molar-refractivity contribution in [3.8, 4) is 0 Å². The van der Waals surface area contributed by atoms with Crippen molar-refractivity contribution < 1.29 is 9.90 Å². The van der Waals surface area contributed by atoms with Gasteiger partial charge in [0, 0.05) is 11.8 Å². The average molecular weight is 441 g/mol. The van der Waals surface area contributed by atoms with Gasteiger partial charge >= 0.3 is 0 Å². The van der Waals surface area contributed by atoms with Crippen LogP contribution in [0.4, 0.5) is 0 Å². The smallest absolute Gasteiger partial charge is 0.138 e. The third-order valence-electron chi connectivity index (χ3n) is 12.8. The quantitative estimate of drug-likeness (QED) is 0.396. The molecule has 0 unspecified atom stereocenters. The summed E-state index contributed by atoms with van der Waals surface area (Å²) in [6, 6.07) is 0. The number of allylic oxidation sites excluding steroid dienone is 2. The summed E-state index contributed by atoms with van der Waals surface area (Å²) in [6.45, 7) is 19.4. The van der Waals surface area contributed by atoms with E-state index >= 15 is 0 Å². The first-order valence-corrected chi connectivity index (χ1v) is 13.6. The van der Waals surface area contributed by atoms with Gasteiger partial charge in [0.15, 0.2) is 0 Å². The molecule has 5 aliphatic rings. The van der Waals surface area contributed by atoms with Crippen molar-refractivity contribution in [3.63, 3.8) is 0 Å². The van der Waals surface area contributed by atoms with E-state index in [2.05, 4.69) is 55.4 Å². The lowest BCUT2D eigenvalue weighted by Gasteiger charge is -2.70. The van der Waals surface area contributed by atoms with Crippen LogP contribution in [0, 0.1) is 44.3 Å². The fourth-order valence-electron chi connectivity index (χ4n) is 10.3. The van der Waals surface area contributed by atoms with Crippen molar-refractivity contribution in [1.29, 1.82) is 0 Å². The summed E-state index contributed by atoms with van der Waals surface area (Å²) in [7, 11) is 0. The van der Waals surface area contributed by atoms with E-state index in [0.29, 0.717) is 23.0 Å². The zero-order chi connectivity index (χ0) is 23.5. The van der Waals surface area contributed by atoms with Crippen LogP contribution < -0.4 is 0 Å². The van der Waals surface area contributed by atoms with Gasteiger partial charge in [-0.05, 0) is 96.7 Å². The minimum atomic E-state index is -0.205. The third kappa shape index (κ3) is 2.65. The Balaban J connectivity index is 1.63. The average Bonchev–Trinajstić information content (AvgIpc) is 2.69. The van der Waals surface area contributed by atoms with Gasteiger partial charge in [0.1, 0.15) is 5.78 Å². The van der Waals surface area contributed by atoms with Crippen LogP contribution in [0.25, 0.3) is 0 Å². The highest BCUT2D eigenvalue weighted by molar-refractivity contribution is 5.85. The predicted molar refractivity (Wildman–Crippen MR) is 131 cm³/mol. The lowest BCUT2D eigenvalue weighted by Crippen LogP contribution is -2.64. The van der Waals surface area contributed by atoms with Gasteiger partial charge in [0.2, 0.25) is 0 Å². The first-order valence-electron chi connectivity index (χ1n) is 13.6. The van der Waals surface area contributed by atoms with Gasteiger partial charge in [-0.2, -0.15) is 0 Å². The van der Waals surface area contributed by atoms with Gasteiger partial charge in [-0.25, -0.2) is 0 Å². The van der Waals surface area contributed by atoms with Crippen LogP contribution in [0.15, 0.2) is 11.1 Å². The Morgan fingerprint density at radius 2 is 1.44 bits per heavy atom. The number of hydrogen-bond donors (Lipinski definition) is 1. The molecule has 7 atom stereocenters. The monoisotopic (exact) mass is 440 g/mol. The Kier molecular flexibility index (Phi) is 4.71. The molecule has 3 saturated carbocycles. The number of fused-ring (bicyclic) bond motifs is 6. The molecule has 0 aromatic carbocycles. The molecule has 0 saturated heterocycles. The number of carbonyl (C=O) groups is 1. The summed E-state index contributed by atoms with van der Waals surface area (Å²) in [5, 5.41) is 11.7. The molecule has 32 heavy (non-hydrogen) atoms. The molecule has 2 heteroatoms. The molecule has 2 nitrogen and oxygen atoms in total. The third-order valence-corrected chi connectivity index (χ3v) is 12.8. The maximum absolute atomic E-state index is 12.9. The summed E-state index contributed by atoms with van der Waals surface area (Å²) in [5.74, 6) is 1.52. The summed E-state index contributed by atoms with van der Waals surface area (Å²) in [6.07, 6.45) is 10.9. The molecule has 0 bridgehead atoms. The van der Waals surface area contributed by atoms with Gasteiger partial charge in [-0.15, -0.1) is 0 Å². The lowest BCUT2D eigenvalue weighted by atomic mass is 9.35. The van der Waals surface area contributed by atoms with Crippen LogP contribution in [0.3, 0.4) is 0 Å². The van der Waals surface area contributed by atoms with E-state index in [9.17, 15) is 9.90 Å². The van der Waals surface area contributed by atoms with Crippen LogP contribution in [0.5, 0.6) is 0 Å². The topological polar surface area (TPSA) is 37.3 Å². The van der Waals surface area contributed by atoms with Gasteiger partial charge in [-0.3, -0.25) is 4.79 Å². The zero-order valence-corrected chi connectivity index (χ0v) is 22.2. The normalized spacial score (nSPS) is 51.9. The van der Waals surface area contributed by atoms with Gasteiger partial charge < -0.3 is 5.11 Å². The van der Waals surface area contributed by atoms with E-state index in [4.69, 9.17) is 0 Å². The highest BCUT2D eigenvalue weighted by Crippen LogP contribution is 2.74. The van der Waals surface area contributed by atoms with Crippen LogP contribution in [0.1, 0.15) is 120 Å². The van der Waals surface area contributed by atoms with E-state index in [1.54, 1.807) is 11.1 Å². The number of aliphatic hydroxyl groups is 1. The summed E-state index contributed by atoms with van der Waals surface area (Å²) < 4.78 is 0. The lowest BCUT2D eigenvalue weighted by molar-refractivity contribution is -0.203. The molecule has 0 heterocycles. The summed E-state index contributed by atoms with van der Waals surface area (Å²) in [4.78, 5) is 12.9. The molecule has 5 aliphatic carbocycles. The van der Waals surface area contributed by atoms with Crippen LogP contribution in [0.2, 0.25) is 0 Å². The first kappa shape index (κ1) is 23.1. The number of carbonyl (C=O) groups excluding carboxylic acids is 1. The van der Waals surface area contributed by atoms with Crippen molar-refractivity contribution in [2.24, 2.45) is 44.3 Å². The Morgan fingerprint density at radius 3 is 2.12 bits per heavy atom. The van der Waals surface area contributed by atoms with Crippen molar-refractivity contribution in [2.75, 3.05) is 0 Å². The van der Waals surface area contributed by atoms with E-state index in [1.807, 2.05) is 0 Å². The van der Waals surface area contributed by atoms with Gasteiger partial charge in [0.25, 0.3) is 0 Å². The fourth-order valence-corrected chi connectivity index (χ4v) is 10.3. The number of hydrogen-bond acceptors (Lipinski definition) is 2. The fraction of sp³-hybridized carbons (Fsp3) is 0.900. The first-order chi connectivity index (χ1) is 14.6. The molecule has 3 fully saturated rings. The maximum Gasteiger partial charge on any atom is 0.138 e. The largest absolute Gasteiger partial charge is 0.393 e. The predicted octanol–water partition coefficient (Wildman–Crippen LogP) is 7.49. The molecule has 5 rings (SSSR count). The van der Waals surface area contributed by atoms with Crippen molar-refractivity contribution in [1.82, 2.24) is 0 Å². The Hall–Kier alpha value is -0.630. The minimum absolute atomic E-state index is 0.0577. The maximum atomic E-state index is 12.9.